The van der Waals surface area contributed by atoms with Crippen LogP contribution in [0.25, 0.3) is 21.7 Å². The lowest BCUT2D eigenvalue weighted by atomic mass is 9.96. The van der Waals surface area contributed by atoms with Gasteiger partial charge < -0.3 is 13.9 Å². The first-order valence-electron chi connectivity index (χ1n) is 7.83. The van der Waals surface area contributed by atoms with Gasteiger partial charge in [0.1, 0.15) is 6.61 Å². The number of furan rings is 1. The van der Waals surface area contributed by atoms with Gasteiger partial charge in [-0.25, -0.2) is 4.79 Å². The second-order valence-electron chi connectivity index (χ2n) is 5.72. The van der Waals surface area contributed by atoms with Crippen LogP contribution in [-0.4, -0.2) is 13.1 Å². The van der Waals surface area contributed by atoms with Gasteiger partial charge in [0.15, 0.2) is 11.3 Å². The summed E-state index contributed by atoms with van der Waals surface area (Å²) < 4.78 is 16.7. The van der Waals surface area contributed by atoms with Crippen LogP contribution in [0.1, 0.15) is 25.0 Å². The highest BCUT2D eigenvalue weighted by atomic mass is 16.5. The topological polar surface area (TPSA) is 48.7 Å². The van der Waals surface area contributed by atoms with Crippen LogP contribution in [-0.2, 0) is 16.1 Å². The van der Waals surface area contributed by atoms with Crippen LogP contribution in [0.5, 0.6) is 5.75 Å². The largest absolute Gasteiger partial charge is 0.492 e. The van der Waals surface area contributed by atoms with Crippen molar-refractivity contribution in [3.63, 3.8) is 0 Å². The standard InChI is InChI=1S/C20H20O4/c1-5-12(2)20(21)24-11-16-14-9-10-23-19(14)18(22-4)15-8-6-7-13(3)17(15)16/h5-10H,11H2,1-4H3. The van der Waals surface area contributed by atoms with Crippen LogP contribution >= 0.6 is 0 Å². The molecule has 0 saturated heterocycles. The number of carbonyl (C=O) groups is 1. The minimum atomic E-state index is -0.313. The van der Waals surface area contributed by atoms with E-state index in [2.05, 4.69) is 0 Å². The van der Waals surface area contributed by atoms with Gasteiger partial charge in [-0.15, -0.1) is 0 Å². The highest BCUT2D eigenvalue weighted by Gasteiger charge is 2.19. The molecule has 3 rings (SSSR count). The SMILES string of the molecule is CC=C(C)C(=O)OCc1c2ccoc2c(OC)c2cccc(C)c12. The van der Waals surface area contributed by atoms with E-state index in [1.165, 1.54) is 0 Å². The number of ether oxygens (including phenoxy) is 2. The molecule has 4 heteroatoms. The van der Waals surface area contributed by atoms with Gasteiger partial charge in [0.2, 0.25) is 0 Å². The third-order valence-electron chi connectivity index (χ3n) is 4.32. The fourth-order valence-electron chi connectivity index (χ4n) is 2.96. The molecular formula is C20H20O4. The summed E-state index contributed by atoms with van der Waals surface area (Å²) in [7, 11) is 1.63. The molecule has 0 N–H and O–H groups in total. The molecule has 0 bridgehead atoms. The molecule has 1 heterocycles. The maximum absolute atomic E-state index is 12.0. The molecule has 0 radical (unpaired) electrons. The summed E-state index contributed by atoms with van der Waals surface area (Å²) in [6.45, 7) is 5.78. The van der Waals surface area contributed by atoms with E-state index in [4.69, 9.17) is 13.9 Å². The van der Waals surface area contributed by atoms with E-state index in [1.54, 1.807) is 26.4 Å². The Bertz CT molecular complexity index is 947. The Kier molecular flexibility index (Phi) is 4.30. The van der Waals surface area contributed by atoms with Gasteiger partial charge >= 0.3 is 5.97 Å². The van der Waals surface area contributed by atoms with Crippen LogP contribution in [0.3, 0.4) is 0 Å². The van der Waals surface area contributed by atoms with Gasteiger partial charge in [-0.05, 0) is 37.8 Å². The minimum absolute atomic E-state index is 0.186. The van der Waals surface area contributed by atoms with Crippen molar-refractivity contribution >= 4 is 27.7 Å². The summed E-state index contributed by atoms with van der Waals surface area (Å²) in [5.74, 6) is 0.389. The molecule has 0 atom stereocenters. The van der Waals surface area contributed by atoms with Gasteiger partial charge in [0.25, 0.3) is 0 Å². The lowest BCUT2D eigenvalue weighted by molar-refractivity contribution is -0.140. The average molecular weight is 324 g/mol. The molecular weight excluding hydrogens is 304 g/mol. The molecule has 1 aromatic heterocycles. The second kappa shape index (κ2) is 6.40. The van der Waals surface area contributed by atoms with Crippen LogP contribution in [0.2, 0.25) is 0 Å². The van der Waals surface area contributed by atoms with Crippen molar-refractivity contribution in [3.05, 3.63) is 53.3 Å². The summed E-state index contributed by atoms with van der Waals surface area (Å²) in [6, 6.07) is 7.89. The Hall–Kier alpha value is -2.75. The Labute approximate surface area is 140 Å². The van der Waals surface area contributed by atoms with Crippen molar-refractivity contribution in [2.45, 2.75) is 27.4 Å². The molecule has 2 aromatic carbocycles. The number of fused-ring (bicyclic) bond motifs is 2. The summed E-state index contributed by atoms with van der Waals surface area (Å²) in [6.07, 6.45) is 3.37. The zero-order valence-electron chi connectivity index (χ0n) is 14.3. The van der Waals surface area contributed by atoms with E-state index >= 15 is 0 Å². The van der Waals surface area contributed by atoms with Crippen LogP contribution in [0.15, 0.2) is 46.6 Å². The molecule has 24 heavy (non-hydrogen) atoms. The molecule has 3 aromatic rings. The zero-order valence-corrected chi connectivity index (χ0v) is 14.3. The molecule has 0 spiro atoms. The molecule has 124 valence electrons. The number of benzene rings is 2. The van der Waals surface area contributed by atoms with Crippen molar-refractivity contribution < 1.29 is 18.7 Å². The average Bonchev–Trinajstić information content (AvgIpc) is 3.07. The summed E-state index contributed by atoms with van der Waals surface area (Å²) in [5, 5.41) is 2.89. The van der Waals surface area contributed by atoms with Gasteiger partial charge in [0.05, 0.1) is 13.4 Å². The number of hydrogen-bond donors (Lipinski definition) is 0. The normalized spacial score (nSPS) is 11.9. The first kappa shape index (κ1) is 16.1. The van der Waals surface area contributed by atoms with Gasteiger partial charge in [0, 0.05) is 21.9 Å². The lowest BCUT2D eigenvalue weighted by Crippen LogP contribution is -2.06. The third-order valence-corrected chi connectivity index (χ3v) is 4.32. The maximum Gasteiger partial charge on any atom is 0.333 e. The highest BCUT2D eigenvalue weighted by molar-refractivity contribution is 6.07. The van der Waals surface area contributed by atoms with E-state index in [9.17, 15) is 4.79 Å². The third kappa shape index (κ3) is 2.54. The van der Waals surface area contributed by atoms with Crippen molar-refractivity contribution in [1.82, 2.24) is 0 Å². The smallest absolute Gasteiger partial charge is 0.333 e. The summed E-state index contributed by atoms with van der Waals surface area (Å²) in [4.78, 5) is 12.0. The van der Waals surface area contributed by atoms with Gasteiger partial charge in [-0.3, -0.25) is 0 Å². The van der Waals surface area contributed by atoms with Crippen molar-refractivity contribution in [3.8, 4) is 5.75 Å². The Morgan fingerprint density at radius 3 is 2.75 bits per heavy atom. The van der Waals surface area contributed by atoms with E-state index in [0.717, 1.165) is 27.3 Å². The predicted octanol–water partition coefficient (Wildman–Crippen LogP) is 4.91. The Morgan fingerprint density at radius 2 is 2.04 bits per heavy atom. The summed E-state index contributed by atoms with van der Waals surface area (Å²) in [5.41, 5.74) is 3.30. The highest BCUT2D eigenvalue weighted by Crippen LogP contribution is 2.40. The fourth-order valence-corrected chi connectivity index (χ4v) is 2.96. The molecule has 0 amide bonds. The molecule has 4 nitrogen and oxygen atoms in total. The Balaban J connectivity index is 2.21. The van der Waals surface area contributed by atoms with Crippen molar-refractivity contribution in [1.29, 1.82) is 0 Å². The van der Waals surface area contributed by atoms with E-state index < -0.39 is 0 Å². The number of rotatable bonds is 4. The molecule has 0 aliphatic rings. The number of esters is 1. The van der Waals surface area contributed by atoms with Crippen molar-refractivity contribution in [2.24, 2.45) is 0 Å². The number of methoxy groups -OCH3 is 1. The fraction of sp³-hybridized carbons (Fsp3) is 0.250. The molecule has 0 unspecified atom stereocenters. The van der Waals surface area contributed by atoms with E-state index in [1.807, 2.05) is 38.1 Å². The van der Waals surface area contributed by atoms with Crippen molar-refractivity contribution in [2.75, 3.05) is 7.11 Å². The Morgan fingerprint density at radius 1 is 1.25 bits per heavy atom. The van der Waals surface area contributed by atoms with Crippen LogP contribution < -0.4 is 4.74 Å². The zero-order chi connectivity index (χ0) is 17.3. The summed E-state index contributed by atoms with van der Waals surface area (Å²) >= 11 is 0. The first-order chi connectivity index (χ1) is 11.6. The maximum atomic E-state index is 12.0. The number of aryl methyl sites for hydroxylation is 1. The monoisotopic (exact) mass is 324 g/mol. The van der Waals surface area contributed by atoms with Gasteiger partial charge in [-0.2, -0.15) is 0 Å². The molecule has 0 aliphatic carbocycles. The van der Waals surface area contributed by atoms with E-state index in [0.29, 0.717) is 16.9 Å². The van der Waals surface area contributed by atoms with Crippen LogP contribution in [0, 0.1) is 6.92 Å². The van der Waals surface area contributed by atoms with Crippen LogP contribution in [0.4, 0.5) is 0 Å². The lowest BCUT2D eigenvalue weighted by Gasteiger charge is -2.15. The second-order valence-corrected chi connectivity index (χ2v) is 5.72. The number of hydrogen-bond acceptors (Lipinski definition) is 4. The van der Waals surface area contributed by atoms with E-state index in [-0.39, 0.29) is 12.6 Å². The number of carbonyl (C=O) groups excluding carboxylic acids is 1. The minimum Gasteiger partial charge on any atom is -0.492 e. The molecule has 0 aliphatic heterocycles. The first-order valence-corrected chi connectivity index (χ1v) is 7.83. The molecule has 0 saturated carbocycles. The molecule has 0 fully saturated rings. The van der Waals surface area contributed by atoms with Gasteiger partial charge in [-0.1, -0.05) is 24.3 Å². The quantitative estimate of drug-likeness (QED) is 0.505. The number of allylic oxidation sites excluding steroid dienone is 1. The predicted molar refractivity (Wildman–Crippen MR) is 94.2 cm³/mol.